The quantitative estimate of drug-likeness (QED) is 0.520. The van der Waals surface area contributed by atoms with E-state index in [4.69, 9.17) is 5.26 Å². The van der Waals surface area contributed by atoms with Gasteiger partial charge in [0, 0.05) is 31.2 Å². The molecule has 0 saturated carbocycles. The molecule has 0 aromatic heterocycles. The van der Waals surface area contributed by atoms with E-state index in [-0.39, 0.29) is 23.8 Å². The molecule has 2 atom stereocenters. The largest absolute Gasteiger partial charge is 0.321 e. The Bertz CT molecular complexity index is 673. The van der Waals surface area contributed by atoms with Gasteiger partial charge in [-0.25, -0.2) is 4.79 Å². The van der Waals surface area contributed by atoms with Crippen LogP contribution in [0.4, 0.5) is 16.2 Å². The lowest BCUT2D eigenvalue weighted by molar-refractivity contribution is -0.385. The maximum absolute atomic E-state index is 12.5. The van der Waals surface area contributed by atoms with Crippen molar-refractivity contribution in [1.29, 1.82) is 5.26 Å². The SMILES string of the molecule is Cc1c(NC(=O)N2CC(C)N(CC#N)C(C)C2)cccc1[N+](=O)[O-]. The molecule has 2 unspecified atom stereocenters. The molecule has 0 spiro atoms. The number of amides is 2. The van der Waals surface area contributed by atoms with Crippen LogP contribution in [0, 0.1) is 28.4 Å². The Hall–Kier alpha value is -2.66. The number of carbonyl (C=O) groups is 1. The molecule has 128 valence electrons. The molecule has 1 saturated heterocycles. The smallest absolute Gasteiger partial charge is 0.321 e. The summed E-state index contributed by atoms with van der Waals surface area (Å²) in [6, 6.07) is 6.63. The first-order valence-electron chi connectivity index (χ1n) is 7.77. The molecule has 1 aromatic rings. The average molecular weight is 331 g/mol. The van der Waals surface area contributed by atoms with Crippen LogP contribution in [-0.2, 0) is 0 Å². The highest BCUT2D eigenvalue weighted by atomic mass is 16.6. The summed E-state index contributed by atoms with van der Waals surface area (Å²) in [5, 5.41) is 22.6. The zero-order valence-corrected chi connectivity index (χ0v) is 14.0. The number of hydrogen-bond donors (Lipinski definition) is 1. The van der Waals surface area contributed by atoms with Crippen LogP contribution in [0.25, 0.3) is 0 Å². The molecule has 0 bridgehead atoms. The first kappa shape index (κ1) is 17.7. The van der Waals surface area contributed by atoms with Crippen molar-refractivity contribution in [1.82, 2.24) is 9.80 Å². The second-order valence-corrected chi connectivity index (χ2v) is 6.07. The summed E-state index contributed by atoms with van der Waals surface area (Å²) in [4.78, 5) is 26.8. The van der Waals surface area contributed by atoms with Crippen LogP contribution in [0.3, 0.4) is 0 Å². The molecular formula is C16H21N5O3. The molecule has 1 heterocycles. The number of nitriles is 1. The molecule has 1 N–H and O–H groups in total. The normalized spacial score (nSPS) is 21.2. The van der Waals surface area contributed by atoms with E-state index >= 15 is 0 Å². The predicted molar refractivity (Wildman–Crippen MR) is 89.7 cm³/mol. The van der Waals surface area contributed by atoms with Gasteiger partial charge in [0.2, 0.25) is 0 Å². The van der Waals surface area contributed by atoms with Crippen molar-refractivity contribution in [3.63, 3.8) is 0 Å². The maximum Gasteiger partial charge on any atom is 0.321 e. The van der Waals surface area contributed by atoms with Gasteiger partial charge >= 0.3 is 6.03 Å². The molecular weight excluding hydrogens is 310 g/mol. The van der Waals surface area contributed by atoms with Crippen LogP contribution in [0.2, 0.25) is 0 Å². The molecule has 8 heteroatoms. The summed E-state index contributed by atoms with van der Waals surface area (Å²) in [6.07, 6.45) is 0. The van der Waals surface area contributed by atoms with Crippen LogP contribution in [-0.4, -0.2) is 52.5 Å². The number of nitrogens with one attached hydrogen (secondary N) is 1. The van der Waals surface area contributed by atoms with Crippen molar-refractivity contribution in [2.24, 2.45) is 0 Å². The fraction of sp³-hybridized carbons (Fsp3) is 0.500. The molecule has 1 fully saturated rings. The number of piperazine rings is 1. The van der Waals surface area contributed by atoms with E-state index < -0.39 is 4.92 Å². The summed E-state index contributed by atoms with van der Waals surface area (Å²) in [5.74, 6) is 0. The van der Waals surface area contributed by atoms with Crippen molar-refractivity contribution >= 4 is 17.4 Å². The Morgan fingerprint density at radius 1 is 1.42 bits per heavy atom. The van der Waals surface area contributed by atoms with Gasteiger partial charge in [-0.3, -0.25) is 15.0 Å². The monoisotopic (exact) mass is 331 g/mol. The van der Waals surface area contributed by atoms with E-state index in [2.05, 4.69) is 16.3 Å². The lowest BCUT2D eigenvalue weighted by Crippen LogP contribution is -2.58. The second-order valence-electron chi connectivity index (χ2n) is 6.07. The third-order valence-electron chi connectivity index (χ3n) is 4.39. The third kappa shape index (κ3) is 3.63. The molecule has 1 aliphatic heterocycles. The van der Waals surface area contributed by atoms with E-state index in [1.807, 2.05) is 13.8 Å². The zero-order chi connectivity index (χ0) is 17.9. The van der Waals surface area contributed by atoms with Crippen LogP contribution in [0.1, 0.15) is 19.4 Å². The minimum Gasteiger partial charge on any atom is -0.321 e. The van der Waals surface area contributed by atoms with E-state index in [1.165, 1.54) is 6.07 Å². The molecule has 2 rings (SSSR count). The van der Waals surface area contributed by atoms with E-state index in [1.54, 1.807) is 24.0 Å². The number of nitrogens with zero attached hydrogens (tertiary/aromatic N) is 4. The number of nitro groups is 1. The third-order valence-corrected chi connectivity index (χ3v) is 4.39. The number of rotatable bonds is 3. The lowest BCUT2D eigenvalue weighted by atomic mass is 10.1. The first-order chi connectivity index (χ1) is 11.3. The van der Waals surface area contributed by atoms with E-state index in [9.17, 15) is 14.9 Å². The number of hydrogen-bond acceptors (Lipinski definition) is 5. The number of carbonyl (C=O) groups excluding carboxylic acids is 1. The second kappa shape index (κ2) is 7.27. The Morgan fingerprint density at radius 3 is 2.58 bits per heavy atom. The summed E-state index contributed by atoms with van der Waals surface area (Å²) in [6.45, 7) is 6.92. The minimum absolute atomic E-state index is 0.0200. The molecule has 0 radical (unpaired) electrons. The van der Waals surface area contributed by atoms with Gasteiger partial charge < -0.3 is 10.2 Å². The fourth-order valence-corrected chi connectivity index (χ4v) is 3.07. The summed E-state index contributed by atoms with van der Waals surface area (Å²) in [5.41, 5.74) is 0.849. The Kier molecular flexibility index (Phi) is 5.36. The maximum atomic E-state index is 12.5. The van der Waals surface area contributed by atoms with Crippen molar-refractivity contribution in [3.05, 3.63) is 33.9 Å². The number of anilines is 1. The van der Waals surface area contributed by atoms with Crippen LogP contribution < -0.4 is 5.32 Å². The zero-order valence-electron chi connectivity index (χ0n) is 14.0. The standard InChI is InChI=1S/C16H21N5O3/c1-11-9-19(10-12(2)20(11)8-7-17)16(22)18-14-5-4-6-15(13(14)3)21(23)24/h4-6,11-12H,8-10H2,1-3H3,(H,18,22). The van der Waals surface area contributed by atoms with Gasteiger partial charge in [-0.05, 0) is 26.8 Å². The van der Waals surface area contributed by atoms with Gasteiger partial charge in [-0.1, -0.05) is 6.07 Å². The van der Waals surface area contributed by atoms with Gasteiger partial charge in [-0.2, -0.15) is 5.26 Å². The predicted octanol–water partition coefficient (Wildman–Crippen LogP) is 2.35. The summed E-state index contributed by atoms with van der Waals surface area (Å²) >= 11 is 0. The Morgan fingerprint density at radius 2 is 2.04 bits per heavy atom. The summed E-state index contributed by atoms with van der Waals surface area (Å²) < 4.78 is 0. The molecule has 1 aromatic carbocycles. The number of benzene rings is 1. The van der Waals surface area contributed by atoms with Gasteiger partial charge in [0.1, 0.15) is 0 Å². The van der Waals surface area contributed by atoms with E-state index in [0.29, 0.717) is 30.9 Å². The topological polar surface area (TPSA) is 103 Å². The lowest BCUT2D eigenvalue weighted by Gasteiger charge is -2.43. The highest BCUT2D eigenvalue weighted by Crippen LogP contribution is 2.25. The summed E-state index contributed by atoms with van der Waals surface area (Å²) in [7, 11) is 0. The molecule has 2 amide bonds. The Labute approximate surface area is 140 Å². The Balaban J connectivity index is 2.10. The average Bonchev–Trinajstić information content (AvgIpc) is 2.52. The number of urea groups is 1. The van der Waals surface area contributed by atoms with Crippen molar-refractivity contribution in [2.75, 3.05) is 25.0 Å². The molecule has 1 aliphatic rings. The van der Waals surface area contributed by atoms with Gasteiger partial charge in [0.15, 0.2) is 0 Å². The van der Waals surface area contributed by atoms with Gasteiger partial charge in [0.05, 0.1) is 28.8 Å². The van der Waals surface area contributed by atoms with Crippen LogP contribution in [0.15, 0.2) is 18.2 Å². The van der Waals surface area contributed by atoms with Crippen molar-refractivity contribution in [3.8, 4) is 6.07 Å². The van der Waals surface area contributed by atoms with E-state index in [0.717, 1.165) is 0 Å². The highest BCUT2D eigenvalue weighted by molar-refractivity contribution is 5.91. The van der Waals surface area contributed by atoms with Crippen molar-refractivity contribution in [2.45, 2.75) is 32.9 Å². The minimum atomic E-state index is -0.463. The molecule has 8 nitrogen and oxygen atoms in total. The number of nitro benzene ring substituents is 1. The molecule has 0 aliphatic carbocycles. The highest BCUT2D eigenvalue weighted by Gasteiger charge is 2.31. The van der Waals surface area contributed by atoms with Crippen molar-refractivity contribution < 1.29 is 9.72 Å². The molecule has 24 heavy (non-hydrogen) atoms. The fourth-order valence-electron chi connectivity index (χ4n) is 3.07. The van der Waals surface area contributed by atoms with Crippen LogP contribution >= 0.6 is 0 Å². The van der Waals surface area contributed by atoms with Gasteiger partial charge in [0.25, 0.3) is 5.69 Å². The van der Waals surface area contributed by atoms with Gasteiger partial charge in [-0.15, -0.1) is 0 Å². The first-order valence-corrected chi connectivity index (χ1v) is 7.77. The van der Waals surface area contributed by atoms with Crippen LogP contribution in [0.5, 0.6) is 0 Å².